The Bertz CT molecular complexity index is 429. The lowest BCUT2D eigenvalue weighted by Crippen LogP contribution is -2.34. The first-order chi connectivity index (χ1) is 9.37. The van der Waals surface area contributed by atoms with Gasteiger partial charge in [0, 0.05) is 36.2 Å². The number of rotatable bonds is 5. The van der Waals surface area contributed by atoms with Gasteiger partial charge in [-0.25, -0.2) is 4.98 Å². The van der Waals surface area contributed by atoms with Gasteiger partial charge in [-0.15, -0.1) is 11.3 Å². The fourth-order valence-electron chi connectivity index (χ4n) is 2.80. The minimum absolute atomic E-state index is 0.164. The number of nitrogens with one attached hydrogen (secondary N) is 1. The van der Waals surface area contributed by atoms with Gasteiger partial charge in [0.15, 0.2) is 5.13 Å². The molecule has 0 spiro atoms. The maximum atomic E-state index is 4.64. The third-order valence-electron chi connectivity index (χ3n) is 4.54. The molecular formula is C16H29N3S. The lowest BCUT2D eigenvalue weighted by atomic mass is 9.82. The molecule has 1 aromatic heterocycles. The van der Waals surface area contributed by atoms with Crippen molar-refractivity contribution in [3.63, 3.8) is 0 Å². The zero-order chi connectivity index (χ0) is 14.8. The van der Waals surface area contributed by atoms with Crippen LogP contribution in [-0.2, 0) is 6.54 Å². The monoisotopic (exact) mass is 295 g/mol. The highest BCUT2D eigenvalue weighted by atomic mass is 32.1. The minimum Gasteiger partial charge on any atom is -0.348 e. The minimum atomic E-state index is 0.164. The van der Waals surface area contributed by atoms with Gasteiger partial charge in [-0.1, -0.05) is 13.8 Å². The quantitative estimate of drug-likeness (QED) is 0.888. The van der Waals surface area contributed by atoms with E-state index in [1.54, 1.807) is 0 Å². The second kappa shape index (κ2) is 6.02. The second-order valence-electron chi connectivity index (χ2n) is 7.09. The summed E-state index contributed by atoms with van der Waals surface area (Å²) in [7, 11) is 0. The summed E-state index contributed by atoms with van der Waals surface area (Å²) in [5, 5.41) is 4.74. The normalized spacial score (nSPS) is 18.8. The highest BCUT2D eigenvalue weighted by Gasteiger charge is 2.35. The average molecular weight is 295 g/mol. The Morgan fingerprint density at radius 2 is 2.05 bits per heavy atom. The van der Waals surface area contributed by atoms with Crippen LogP contribution in [0.1, 0.15) is 58.8 Å². The molecule has 4 heteroatoms. The molecule has 0 unspecified atom stereocenters. The molecule has 0 atom stereocenters. The summed E-state index contributed by atoms with van der Waals surface area (Å²) >= 11 is 1.84. The third-order valence-corrected chi connectivity index (χ3v) is 5.60. The zero-order valence-electron chi connectivity index (χ0n) is 13.6. The van der Waals surface area contributed by atoms with Gasteiger partial charge in [0.05, 0.1) is 0 Å². The number of aromatic nitrogens is 1. The van der Waals surface area contributed by atoms with Crippen molar-refractivity contribution in [3.05, 3.63) is 11.1 Å². The van der Waals surface area contributed by atoms with Crippen molar-refractivity contribution in [3.8, 4) is 0 Å². The molecule has 0 amide bonds. The largest absolute Gasteiger partial charge is 0.348 e. The molecule has 1 aromatic rings. The van der Waals surface area contributed by atoms with E-state index < -0.39 is 0 Å². The van der Waals surface area contributed by atoms with E-state index in [0.29, 0.717) is 5.41 Å². The first-order valence-corrected chi connectivity index (χ1v) is 8.64. The third kappa shape index (κ3) is 3.73. The molecule has 1 fully saturated rings. The highest BCUT2D eigenvalue weighted by Crippen LogP contribution is 2.39. The van der Waals surface area contributed by atoms with Crippen molar-refractivity contribution in [2.24, 2.45) is 5.41 Å². The molecule has 0 bridgehead atoms. The van der Waals surface area contributed by atoms with Crippen LogP contribution in [0.15, 0.2) is 6.20 Å². The molecule has 20 heavy (non-hydrogen) atoms. The van der Waals surface area contributed by atoms with E-state index in [-0.39, 0.29) is 5.54 Å². The lowest BCUT2D eigenvalue weighted by molar-refractivity contribution is 0.301. The smallest absolute Gasteiger partial charge is 0.185 e. The summed E-state index contributed by atoms with van der Waals surface area (Å²) < 4.78 is 0. The molecule has 1 saturated heterocycles. The second-order valence-corrected chi connectivity index (χ2v) is 8.19. The van der Waals surface area contributed by atoms with Crippen LogP contribution in [0.5, 0.6) is 0 Å². The van der Waals surface area contributed by atoms with Gasteiger partial charge in [0.2, 0.25) is 0 Å². The van der Waals surface area contributed by atoms with Crippen LogP contribution in [0.2, 0.25) is 0 Å². The molecule has 2 heterocycles. The van der Waals surface area contributed by atoms with E-state index in [1.165, 1.54) is 42.4 Å². The molecule has 0 radical (unpaired) electrons. The molecule has 3 nitrogen and oxygen atoms in total. The fraction of sp³-hybridized carbons (Fsp3) is 0.812. The van der Waals surface area contributed by atoms with Gasteiger partial charge in [-0.2, -0.15) is 0 Å². The van der Waals surface area contributed by atoms with Crippen LogP contribution < -0.4 is 10.2 Å². The van der Waals surface area contributed by atoms with E-state index in [2.05, 4.69) is 49.8 Å². The van der Waals surface area contributed by atoms with Crippen LogP contribution in [0.3, 0.4) is 0 Å². The van der Waals surface area contributed by atoms with Crippen molar-refractivity contribution in [1.82, 2.24) is 10.3 Å². The number of nitrogens with zero attached hydrogens (tertiary/aromatic N) is 2. The molecule has 114 valence electrons. The van der Waals surface area contributed by atoms with Gasteiger partial charge in [-0.05, 0) is 45.4 Å². The predicted octanol–water partition coefficient (Wildman–Crippen LogP) is 4.05. The Morgan fingerprint density at radius 1 is 1.35 bits per heavy atom. The Labute approximate surface area is 127 Å². The van der Waals surface area contributed by atoms with E-state index in [4.69, 9.17) is 0 Å². The van der Waals surface area contributed by atoms with Crippen LogP contribution in [-0.4, -0.2) is 23.6 Å². The molecule has 0 saturated carbocycles. The van der Waals surface area contributed by atoms with Crippen molar-refractivity contribution in [2.75, 3.05) is 18.0 Å². The lowest BCUT2D eigenvalue weighted by Gasteiger charge is -2.26. The SMILES string of the molecule is CCC1(CC)CCN(c2ncc(CNC(C)(C)C)s2)C1. The molecule has 1 aliphatic heterocycles. The maximum absolute atomic E-state index is 4.64. The Morgan fingerprint density at radius 3 is 2.60 bits per heavy atom. The number of hydrogen-bond acceptors (Lipinski definition) is 4. The number of hydrogen-bond donors (Lipinski definition) is 1. The summed E-state index contributed by atoms with van der Waals surface area (Å²) in [6.07, 6.45) is 5.92. The fourth-order valence-corrected chi connectivity index (χ4v) is 3.68. The summed E-state index contributed by atoms with van der Waals surface area (Å²) in [5.74, 6) is 0. The predicted molar refractivity (Wildman–Crippen MR) is 88.6 cm³/mol. The van der Waals surface area contributed by atoms with Gasteiger partial charge < -0.3 is 10.2 Å². The van der Waals surface area contributed by atoms with E-state index in [0.717, 1.165) is 6.54 Å². The molecule has 2 rings (SSSR count). The molecule has 0 aromatic carbocycles. The van der Waals surface area contributed by atoms with Gasteiger partial charge in [0.25, 0.3) is 0 Å². The van der Waals surface area contributed by atoms with Crippen LogP contribution in [0.25, 0.3) is 0 Å². The van der Waals surface area contributed by atoms with E-state index in [1.807, 2.05) is 17.5 Å². The average Bonchev–Trinajstić information content (AvgIpc) is 3.03. The van der Waals surface area contributed by atoms with Gasteiger partial charge in [-0.3, -0.25) is 0 Å². The first-order valence-electron chi connectivity index (χ1n) is 7.82. The molecule has 0 aliphatic carbocycles. The summed E-state index contributed by atoms with van der Waals surface area (Å²) in [4.78, 5) is 8.46. The zero-order valence-corrected chi connectivity index (χ0v) is 14.4. The Balaban J connectivity index is 1.96. The Kier molecular flexibility index (Phi) is 4.75. The first kappa shape index (κ1) is 15.8. The van der Waals surface area contributed by atoms with Crippen LogP contribution >= 0.6 is 11.3 Å². The van der Waals surface area contributed by atoms with Gasteiger partial charge >= 0.3 is 0 Å². The topological polar surface area (TPSA) is 28.2 Å². The molecule has 1 N–H and O–H groups in total. The van der Waals surface area contributed by atoms with Crippen molar-refractivity contribution < 1.29 is 0 Å². The van der Waals surface area contributed by atoms with Crippen LogP contribution in [0, 0.1) is 5.41 Å². The summed E-state index contributed by atoms with van der Waals surface area (Å²) in [5.41, 5.74) is 0.687. The van der Waals surface area contributed by atoms with E-state index in [9.17, 15) is 0 Å². The van der Waals surface area contributed by atoms with Crippen LogP contribution in [0.4, 0.5) is 5.13 Å². The standard InChI is InChI=1S/C16H29N3S/c1-6-16(7-2)8-9-19(12-16)14-17-10-13(20-14)11-18-15(3,4)5/h10,18H,6-9,11-12H2,1-5H3. The van der Waals surface area contributed by atoms with Crippen molar-refractivity contribution in [1.29, 1.82) is 0 Å². The molecular weight excluding hydrogens is 266 g/mol. The van der Waals surface area contributed by atoms with Crippen molar-refractivity contribution >= 4 is 16.5 Å². The summed E-state index contributed by atoms with van der Waals surface area (Å²) in [6, 6.07) is 0. The maximum Gasteiger partial charge on any atom is 0.185 e. The van der Waals surface area contributed by atoms with Gasteiger partial charge in [0.1, 0.15) is 0 Å². The van der Waals surface area contributed by atoms with Crippen molar-refractivity contribution in [2.45, 2.75) is 66.0 Å². The number of thiazole rings is 1. The highest BCUT2D eigenvalue weighted by molar-refractivity contribution is 7.15. The van der Waals surface area contributed by atoms with E-state index >= 15 is 0 Å². The number of anilines is 1. The molecule has 1 aliphatic rings. The summed E-state index contributed by atoms with van der Waals surface area (Å²) in [6.45, 7) is 14.5. The Hall–Kier alpha value is -0.610.